The molecule has 0 aliphatic heterocycles. The number of thiazole rings is 1. The van der Waals surface area contributed by atoms with Crippen molar-refractivity contribution in [3.8, 4) is 16.6 Å². The molecule has 10 heteroatoms. The zero-order chi connectivity index (χ0) is 19.4. The van der Waals surface area contributed by atoms with Crippen LogP contribution in [0.1, 0.15) is 25.7 Å². The smallest absolute Gasteiger partial charge is 0.281 e. The molecule has 0 radical (unpaired) electrons. The third kappa shape index (κ3) is 4.21. The lowest BCUT2D eigenvalue weighted by atomic mass is 10.2. The molecule has 0 bridgehead atoms. The van der Waals surface area contributed by atoms with Crippen molar-refractivity contribution in [3.63, 3.8) is 0 Å². The van der Waals surface area contributed by atoms with Gasteiger partial charge in [0.05, 0.1) is 18.4 Å². The number of hydrogen-bond donors (Lipinski definition) is 2. The highest BCUT2D eigenvalue weighted by atomic mass is 35.5. The molecule has 8 nitrogen and oxygen atoms in total. The third-order valence-corrected chi connectivity index (χ3v) is 4.84. The van der Waals surface area contributed by atoms with Gasteiger partial charge >= 0.3 is 0 Å². The average molecular weight is 404 g/mol. The number of rotatable bonds is 4. The summed E-state index contributed by atoms with van der Waals surface area (Å²) in [7, 11) is 1.43. The van der Waals surface area contributed by atoms with Crippen molar-refractivity contribution < 1.29 is 14.3 Å². The summed E-state index contributed by atoms with van der Waals surface area (Å²) < 4.78 is 5.13. The summed E-state index contributed by atoms with van der Waals surface area (Å²) in [5.74, 6) is -0.301. The minimum atomic E-state index is -0.536. The quantitative estimate of drug-likeness (QED) is 0.648. The van der Waals surface area contributed by atoms with Gasteiger partial charge in [-0.2, -0.15) is 0 Å². The van der Waals surface area contributed by atoms with Gasteiger partial charge in [0.2, 0.25) is 0 Å². The highest BCUT2D eigenvalue weighted by molar-refractivity contribution is 7.17. The van der Waals surface area contributed by atoms with Crippen molar-refractivity contribution in [2.45, 2.75) is 6.92 Å². The van der Waals surface area contributed by atoms with E-state index >= 15 is 0 Å². The normalized spacial score (nSPS) is 10.3. The standard InChI is InChI=1S/C17H14ClN5O3S/c1-9-13(27-17(21-9)14-19-6-3-7-20-14)16(25)23-22-15(24)11-5-4-10(18)8-12(11)26-2/h3-8H,1-2H3,(H,22,24)(H,23,25). The maximum absolute atomic E-state index is 12.4. The van der Waals surface area contributed by atoms with Crippen molar-refractivity contribution in [1.82, 2.24) is 25.8 Å². The van der Waals surface area contributed by atoms with Gasteiger partial charge in [-0.25, -0.2) is 15.0 Å². The third-order valence-electron chi connectivity index (χ3n) is 3.46. The summed E-state index contributed by atoms with van der Waals surface area (Å²) in [5, 5.41) is 0.951. The largest absolute Gasteiger partial charge is 0.496 e. The summed E-state index contributed by atoms with van der Waals surface area (Å²) in [5.41, 5.74) is 5.47. The van der Waals surface area contributed by atoms with Gasteiger partial charge in [-0.1, -0.05) is 11.6 Å². The van der Waals surface area contributed by atoms with Crippen LogP contribution in [0.15, 0.2) is 36.7 Å². The molecule has 138 valence electrons. The van der Waals surface area contributed by atoms with Gasteiger partial charge in [-0.15, -0.1) is 11.3 Å². The Morgan fingerprint density at radius 3 is 2.56 bits per heavy atom. The fourth-order valence-electron chi connectivity index (χ4n) is 2.20. The maximum Gasteiger partial charge on any atom is 0.281 e. The van der Waals surface area contributed by atoms with Crippen LogP contribution in [0.2, 0.25) is 5.02 Å². The fraction of sp³-hybridized carbons (Fsp3) is 0.118. The summed E-state index contributed by atoms with van der Waals surface area (Å²) in [4.78, 5) is 37.6. The van der Waals surface area contributed by atoms with E-state index in [-0.39, 0.29) is 5.56 Å². The molecule has 0 unspecified atom stereocenters. The van der Waals surface area contributed by atoms with E-state index < -0.39 is 11.8 Å². The lowest BCUT2D eigenvalue weighted by Gasteiger charge is -2.10. The summed E-state index contributed by atoms with van der Waals surface area (Å²) in [6.45, 7) is 1.70. The van der Waals surface area contributed by atoms with Crippen molar-refractivity contribution in [2.75, 3.05) is 7.11 Å². The van der Waals surface area contributed by atoms with Crippen LogP contribution in [0.4, 0.5) is 0 Å². The molecular weight excluding hydrogens is 390 g/mol. The number of aryl methyl sites for hydroxylation is 1. The first-order chi connectivity index (χ1) is 13.0. The molecule has 3 rings (SSSR count). The van der Waals surface area contributed by atoms with Gasteiger partial charge in [0.1, 0.15) is 10.6 Å². The Labute approximate surface area is 163 Å². The first kappa shape index (κ1) is 18.7. The minimum absolute atomic E-state index is 0.238. The molecular formula is C17H14ClN5O3S. The number of halogens is 1. The van der Waals surface area contributed by atoms with Crippen LogP contribution in [0.3, 0.4) is 0 Å². The van der Waals surface area contributed by atoms with E-state index in [0.29, 0.717) is 32.2 Å². The number of benzene rings is 1. The number of aromatic nitrogens is 3. The number of nitrogens with one attached hydrogen (secondary N) is 2. The van der Waals surface area contributed by atoms with Crippen LogP contribution in [-0.2, 0) is 0 Å². The van der Waals surface area contributed by atoms with E-state index in [4.69, 9.17) is 16.3 Å². The second kappa shape index (κ2) is 8.11. The van der Waals surface area contributed by atoms with E-state index in [1.165, 1.54) is 19.2 Å². The number of nitrogens with zero attached hydrogens (tertiary/aromatic N) is 3. The molecule has 0 spiro atoms. The first-order valence-corrected chi connectivity index (χ1v) is 8.88. The van der Waals surface area contributed by atoms with Crippen LogP contribution >= 0.6 is 22.9 Å². The Kier molecular flexibility index (Phi) is 5.63. The molecule has 0 saturated heterocycles. The van der Waals surface area contributed by atoms with Crippen LogP contribution in [0, 0.1) is 6.92 Å². The molecule has 0 fully saturated rings. The van der Waals surface area contributed by atoms with Crippen LogP contribution in [-0.4, -0.2) is 33.9 Å². The number of carbonyl (C=O) groups is 2. The SMILES string of the molecule is COc1cc(Cl)ccc1C(=O)NNC(=O)c1sc(-c2ncccn2)nc1C. The van der Waals surface area contributed by atoms with Crippen LogP contribution in [0.25, 0.3) is 10.8 Å². The maximum atomic E-state index is 12.4. The van der Waals surface area contributed by atoms with Gasteiger partial charge in [0.25, 0.3) is 11.8 Å². The zero-order valence-corrected chi connectivity index (χ0v) is 15.9. The van der Waals surface area contributed by atoms with Gasteiger partial charge in [-0.3, -0.25) is 20.4 Å². The molecule has 2 amide bonds. The highest BCUT2D eigenvalue weighted by Crippen LogP contribution is 2.25. The van der Waals surface area contributed by atoms with E-state index in [1.54, 1.807) is 31.5 Å². The number of ether oxygens (including phenoxy) is 1. The number of carbonyl (C=O) groups excluding carboxylic acids is 2. The summed E-state index contributed by atoms with van der Waals surface area (Å²) in [6.07, 6.45) is 3.19. The van der Waals surface area contributed by atoms with Crippen molar-refractivity contribution in [1.29, 1.82) is 0 Å². The van der Waals surface area contributed by atoms with Gasteiger partial charge in [0, 0.05) is 17.4 Å². The molecule has 0 saturated carbocycles. The number of hydrogen-bond acceptors (Lipinski definition) is 7. The number of methoxy groups -OCH3 is 1. The molecule has 0 aliphatic rings. The molecule has 2 heterocycles. The number of hydrazine groups is 1. The molecule has 1 aromatic carbocycles. The molecule has 0 aliphatic carbocycles. The second-order valence-electron chi connectivity index (χ2n) is 5.26. The lowest BCUT2D eigenvalue weighted by Crippen LogP contribution is -2.41. The van der Waals surface area contributed by atoms with Crippen molar-refractivity contribution in [3.05, 3.63) is 57.8 Å². The topological polar surface area (TPSA) is 106 Å². The van der Waals surface area contributed by atoms with Crippen molar-refractivity contribution >= 4 is 34.8 Å². The van der Waals surface area contributed by atoms with Gasteiger partial charge in [-0.05, 0) is 31.2 Å². The molecule has 27 heavy (non-hydrogen) atoms. The Bertz CT molecular complexity index is 993. The zero-order valence-electron chi connectivity index (χ0n) is 14.3. The van der Waals surface area contributed by atoms with E-state index in [1.807, 2.05) is 0 Å². The lowest BCUT2D eigenvalue weighted by molar-refractivity contribution is 0.0846. The second-order valence-corrected chi connectivity index (χ2v) is 6.69. The van der Waals surface area contributed by atoms with Crippen molar-refractivity contribution in [2.24, 2.45) is 0 Å². The Morgan fingerprint density at radius 2 is 1.85 bits per heavy atom. The summed E-state index contributed by atoms with van der Waals surface area (Å²) in [6, 6.07) is 6.27. The summed E-state index contributed by atoms with van der Waals surface area (Å²) >= 11 is 7.02. The molecule has 0 atom stereocenters. The first-order valence-electron chi connectivity index (χ1n) is 7.68. The molecule has 3 aromatic rings. The van der Waals surface area contributed by atoms with Crippen LogP contribution < -0.4 is 15.6 Å². The fourth-order valence-corrected chi connectivity index (χ4v) is 3.27. The van der Waals surface area contributed by atoms with E-state index in [2.05, 4.69) is 25.8 Å². The van der Waals surface area contributed by atoms with E-state index in [0.717, 1.165) is 11.3 Å². The predicted octanol–water partition coefficient (Wildman–Crippen LogP) is 2.65. The minimum Gasteiger partial charge on any atom is -0.496 e. The average Bonchev–Trinajstić information content (AvgIpc) is 3.08. The Morgan fingerprint density at radius 1 is 1.15 bits per heavy atom. The monoisotopic (exact) mass is 403 g/mol. The highest BCUT2D eigenvalue weighted by Gasteiger charge is 2.19. The molecule has 2 N–H and O–H groups in total. The van der Waals surface area contributed by atoms with Crippen LogP contribution in [0.5, 0.6) is 5.75 Å². The Hall–Kier alpha value is -3.04. The Balaban J connectivity index is 1.71. The van der Waals surface area contributed by atoms with Gasteiger partial charge < -0.3 is 4.74 Å². The predicted molar refractivity (Wildman–Crippen MR) is 101 cm³/mol. The molecule has 2 aromatic heterocycles. The number of amides is 2. The van der Waals surface area contributed by atoms with E-state index in [9.17, 15) is 9.59 Å². The van der Waals surface area contributed by atoms with Gasteiger partial charge in [0.15, 0.2) is 10.8 Å².